The number of rotatable bonds is 5. The van der Waals surface area contributed by atoms with Crippen molar-refractivity contribution in [2.45, 2.75) is 38.5 Å². The number of nitrogens with one attached hydrogen (secondary N) is 1. The smallest absolute Gasteiger partial charge is 0.0604 e. The van der Waals surface area contributed by atoms with E-state index in [-0.39, 0.29) is 0 Å². The van der Waals surface area contributed by atoms with E-state index in [4.69, 9.17) is 10.5 Å². The molecule has 0 saturated heterocycles. The molecule has 1 heterocycles. The van der Waals surface area contributed by atoms with Crippen LogP contribution in [0, 0.1) is 0 Å². The number of thiophene rings is 1. The van der Waals surface area contributed by atoms with Crippen LogP contribution in [0.4, 0.5) is 5.69 Å². The first-order valence-corrected chi connectivity index (χ1v) is 6.34. The number of anilines is 1. The van der Waals surface area contributed by atoms with Crippen molar-refractivity contribution in [1.29, 1.82) is 0 Å². The van der Waals surface area contributed by atoms with Crippen LogP contribution in [-0.4, -0.2) is 18.8 Å². The minimum Gasteiger partial charge on any atom is -0.398 e. The van der Waals surface area contributed by atoms with Crippen molar-refractivity contribution in [1.82, 2.24) is 5.32 Å². The number of nitrogens with two attached hydrogens (primary N) is 1. The van der Waals surface area contributed by atoms with Crippen LogP contribution in [0.1, 0.15) is 24.6 Å². The summed E-state index contributed by atoms with van der Waals surface area (Å²) >= 11 is 1.72. The van der Waals surface area contributed by atoms with Crippen molar-refractivity contribution in [3.63, 3.8) is 0 Å². The SMILES string of the molecule is CCOC1CC(NCc2sccc2N)C1. The second kappa shape index (κ2) is 4.96. The fourth-order valence-electron chi connectivity index (χ4n) is 1.84. The first-order valence-electron chi connectivity index (χ1n) is 5.46. The Balaban J connectivity index is 1.66. The summed E-state index contributed by atoms with van der Waals surface area (Å²) in [6, 6.07) is 2.58. The maximum absolute atomic E-state index is 5.81. The Bertz CT molecular complexity index is 307. The first-order chi connectivity index (χ1) is 7.29. The molecule has 1 saturated carbocycles. The standard InChI is InChI=1S/C11H18N2OS/c1-2-14-9-5-8(6-9)13-7-11-10(12)3-4-15-11/h3-4,8-9,13H,2,5-7,12H2,1H3. The van der Waals surface area contributed by atoms with E-state index in [2.05, 4.69) is 5.32 Å². The molecule has 1 aliphatic rings. The molecule has 1 fully saturated rings. The third kappa shape index (κ3) is 2.71. The van der Waals surface area contributed by atoms with Crippen LogP contribution in [0.5, 0.6) is 0 Å². The maximum Gasteiger partial charge on any atom is 0.0604 e. The highest BCUT2D eigenvalue weighted by Crippen LogP contribution is 2.25. The van der Waals surface area contributed by atoms with Gasteiger partial charge in [0.2, 0.25) is 0 Å². The summed E-state index contributed by atoms with van der Waals surface area (Å²) in [7, 11) is 0. The number of hydrogen-bond donors (Lipinski definition) is 2. The topological polar surface area (TPSA) is 47.3 Å². The summed E-state index contributed by atoms with van der Waals surface area (Å²) in [6.45, 7) is 3.77. The fraction of sp³-hybridized carbons (Fsp3) is 0.636. The molecule has 0 aromatic carbocycles. The van der Waals surface area contributed by atoms with Gasteiger partial charge in [0.1, 0.15) is 0 Å². The summed E-state index contributed by atoms with van der Waals surface area (Å²) < 4.78 is 5.51. The van der Waals surface area contributed by atoms with Gasteiger partial charge in [0, 0.05) is 29.8 Å². The molecular weight excluding hydrogens is 208 g/mol. The normalized spacial score (nSPS) is 25.1. The van der Waals surface area contributed by atoms with E-state index in [9.17, 15) is 0 Å². The molecule has 0 spiro atoms. The summed E-state index contributed by atoms with van der Waals surface area (Å²) in [5, 5.41) is 5.54. The summed E-state index contributed by atoms with van der Waals surface area (Å²) in [5.41, 5.74) is 6.72. The van der Waals surface area contributed by atoms with Crippen LogP contribution < -0.4 is 11.1 Å². The molecule has 1 aromatic rings. The van der Waals surface area contributed by atoms with Gasteiger partial charge in [-0.3, -0.25) is 0 Å². The second-order valence-electron chi connectivity index (χ2n) is 3.93. The van der Waals surface area contributed by atoms with Gasteiger partial charge >= 0.3 is 0 Å². The largest absolute Gasteiger partial charge is 0.398 e. The van der Waals surface area contributed by atoms with Crippen molar-refractivity contribution in [3.8, 4) is 0 Å². The Hall–Kier alpha value is -0.580. The fourth-order valence-corrected chi connectivity index (χ4v) is 2.59. The van der Waals surface area contributed by atoms with Gasteiger partial charge in [-0.25, -0.2) is 0 Å². The Morgan fingerprint density at radius 3 is 3.00 bits per heavy atom. The molecular formula is C11H18N2OS. The average Bonchev–Trinajstić information content (AvgIpc) is 2.55. The highest BCUT2D eigenvalue weighted by atomic mass is 32.1. The van der Waals surface area contributed by atoms with Gasteiger partial charge in [-0.1, -0.05) is 0 Å². The van der Waals surface area contributed by atoms with E-state index >= 15 is 0 Å². The summed E-state index contributed by atoms with van der Waals surface area (Å²) in [4.78, 5) is 1.25. The molecule has 2 rings (SSSR count). The molecule has 0 unspecified atom stereocenters. The maximum atomic E-state index is 5.81. The Labute approximate surface area is 94.6 Å². The van der Waals surface area contributed by atoms with E-state index in [0.717, 1.165) is 31.7 Å². The second-order valence-corrected chi connectivity index (χ2v) is 4.93. The van der Waals surface area contributed by atoms with E-state index in [1.165, 1.54) is 4.88 Å². The van der Waals surface area contributed by atoms with E-state index < -0.39 is 0 Å². The van der Waals surface area contributed by atoms with Crippen molar-refractivity contribution in [2.75, 3.05) is 12.3 Å². The minimum absolute atomic E-state index is 0.480. The van der Waals surface area contributed by atoms with Crippen LogP contribution in [0.3, 0.4) is 0 Å². The van der Waals surface area contributed by atoms with Crippen LogP contribution >= 0.6 is 11.3 Å². The molecule has 0 bridgehead atoms. The third-order valence-electron chi connectivity index (χ3n) is 2.83. The quantitative estimate of drug-likeness (QED) is 0.807. The summed E-state index contributed by atoms with van der Waals surface area (Å²) in [6.07, 6.45) is 2.76. The molecule has 3 nitrogen and oxygen atoms in total. The molecule has 0 radical (unpaired) electrons. The van der Waals surface area contributed by atoms with Crippen LogP contribution in [-0.2, 0) is 11.3 Å². The molecule has 4 heteroatoms. The van der Waals surface area contributed by atoms with Crippen molar-refractivity contribution < 1.29 is 4.74 Å². The Kier molecular flexibility index (Phi) is 3.61. The number of hydrogen-bond acceptors (Lipinski definition) is 4. The van der Waals surface area contributed by atoms with Crippen LogP contribution in [0.2, 0.25) is 0 Å². The van der Waals surface area contributed by atoms with Crippen molar-refractivity contribution >= 4 is 17.0 Å². The lowest BCUT2D eigenvalue weighted by Crippen LogP contribution is -2.45. The average molecular weight is 226 g/mol. The van der Waals surface area contributed by atoms with E-state index in [0.29, 0.717) is 12.1 Å². The number of nitrogen functional groups attached to an aromatic ring is 1. The monoisotopic (exact) mass is 226 g/mol. The molecule has 1 aromatic heterocycles. The van der Waals surface area contributed by atoms with Crippen molar-refractivity contribution in [2.24, 2.45) is 0 Å². The molecule has 0 amide bonds. The van der Waals surface area contributed by atoms with Gasteiger partial charge in [0.25, 0.3) is 0 Å². The zero-order chi connectivity index (χ0) is 10.7. The first kappa shape index (κ1) is 10.9. The minimum atomic E-state index is 0.480. The Morgan fingerprint density at radius 2 is 2.40 bits per heavy atom. The van der Waals surface area contributed by atoms with Gasteiger partial charge < -0.3 is 15.8 Å². The van der Waals surface area contributed by atoms with Crippen LogP contribution in [0.25, 0.3) is 0 Å². The van der Waals surface area contributed by atoms with Gasteiger partial charge in [0.05, 0.1) is 6.10 Å². The van der Waals surface area contributed by atoms with Gasteiger partial charge in [-0.2, -0.15) is 0 Å². The van der Waals surface area contributed by atoms with E-state index in [1.807, 2.05) is 18.4 Å². The Morgan fingerprint density at radius 1 is 1.60 bits per heavy atom. The lowest BCUT2D eigenvalue weighted by atomic mass is 9.89. The molecule has 1 aliphatic carbocycles. The number of ether oxygens (including phenoxy) is 1. The van der Waals surface area contributed by atoms with Gasteiger partial charge in [-0.15, -0.1) is 11.3 Å². The van der Waals surface area contributed by atoms with Crippen LogP contribution in [0.15, 0.2) is 11.4 Å². The van der Waals surface area contributed by atoms with Crippen molar-refractivity contribution in [3.05, 3.63) is 16.3 Å². The predicted molar refractivity (Wildman–Crippen MR) is 64.0 cm³/mol. The van der Waals surface area contributed by atoms with Gasteiger partial charge in [-0.05, 0) is 31.2 Å². The lowest BCUT2D eigenvalue weighted by molar-refractivity contribution is -0.0101. The zero-order valence-electron chi connectivity index (χ0n) is 9.03. The highest BCUT2D eigenvalue weighted by molar-refractivity contribution is 7.10. The van der Waals surface area contributed by atoms with E-state index in [1.54, 1.807) is 11.3 Å². The molecule has 0 aliphatic heterocycles. The summed E-state index contributed by atoms with van der Waals surface area (Å²) in [5.74, 6) is 0. The lowest BCUT2D eigenvalue weighted by Gasteiger charge is -2.35. The zero-order valence-corrected chi connectivity index (χ0v) is 9.85. The predicted octanol–water partition coefficient (Wildman–Crippen LogP) is 1.99. The third-order valence-corrected chi connectivity index (χ3v) is 3.77. The molecule has 15 heavy (non-hydrogen) atoms. The molecule has 0 atom stereocenters. The molecule has 3 N–H and O–H groups in total. The van der Waals surface area contributed by atoms with Gasteiger partial charge in [0.15, 0.2) is 0 Å². The highest BCUT2D eigenvalue weighted by Gasteiger charge is 2.28. The molecule has 84 valence electrons.